The van der Waals surface area contributed by atoms with Crippen LogP contribution in [0, 0.1) is 0 Å². The molecule has 2 saturated heterocycles. The first kappa shape index (κ1) is 23.9. The Labute approximate surface area is 221 Å². The SMILES string of the molecule is CN1CCN(c2ccc(N3C(=O)C(=O)/C(=C(\O)c4cccc5ccccc45)C3c3cccnc3)cc2)CC1. The summed E-state index contributed by atoms with van der Waals surface area (Å²) in [5.41, 5.74) is 2.89. The van der Waals surface area contributed by atoms with Crippen LogP contribution in [0.2, 0.25) is 0 Å². The highest BCUT2D eigenvalue weighted by Crippen LogP contribution is 2.43. The maximum absolute atomic E-state index is 13.5. The van der Waals surface area contributed by atoms with Crippen LogP contribution in [0.1, 0.15) is 17.2 Å². The number of Topliss-reactive ketones (excluding diaryl/α,β-unsaturated/α-hetero) is 1. The molecule has 0 bridgehead atoms. The van der Waals surface area contributed by atoms with Crippen molar-refractivity contribution in [2.75, 3.05) is 43.0 Å². The third-order valence-electron chi connectivity index (χ3n) is 7.49. The number of aliphatic hydroxyl groups excluding tert-OH is 1. The Hall–Kier alpha value is -4.49. The summed E-state index contributed by atoms with van der Waals surface area (Å²) in [6.45, 7) is 3.85. The van der Waals surface area contributed by atoms with Gasteiger partial charge in [-0.25, -0.2) is 0 Å². The summed E-state index contributed by atoms with van der Waals surface area (Å²) in [7, 11) is 2.12. The van der Waals surface area contributed by atoms with Gasteiger partial charge in [0.1, 0.15) is 5.76 Å². The fraction of sp³-hybridized carbons (Fsp3) is 0.194. The molecule has 3 heterocycles. The monoisotopic (exact) mass is 504 g/mol. The lowest BCUT2D eigenvalue weighted by Crippen LogP contribution is -2.44. The summed E-state index contributed by atoms with van der Waals surface area (Å²) in [6, 6.07) is 23.7. The average molecular weight is 505 g/mol. The molecule has 190 valence electrons. The predicted molar refractivity (Wildman–Crippen MR) is 149 cm³/mol. The van der Waals surface area contributed by atoms with Crippen LogP contribution in [0.4, 0.5) is 11.4 Å². The molecule has 6 rings (SSSR count). The molecule has 1 unspecified atom stereocenters. The van der Waals surface area contributed by atoms with Gasteiger partial charge in [-0.05, 0) is 53.7 Å². The number of aliphatic hydroxyl groups is 1. The van der Waals surface area contributed by atoms with Gasteiger partial charge in [-0.2, -0.15) is 0 Å². The maximum atomic E-state index is 13.5. The summed E-state index contributed by atoms with van der Waals surface area (Å²) in [5.74, 6) is -1.58. The third-order valence-corrected chi connectivity index (χ3v) is 7.49. The number of carbonyl (C=O) groups is 2. The number of amides is 1. The molecule has 0 spiro atoms. The van der Waals surface area contributed by atoms with E-state index >= 15 is 0 Å². The summed E-state index contributed by atoms with van der Waals surface area (Å²) in [4.78, 5) is 37.4. The van der Waals surface area contributed by atoms with Crippen LogP contribution in [0.3, 0.4) is 0 Å². The largest absolute Gasteiger partial charge is 0.507 e. The fourth-order valence-electron chi connectivity index (χ4n) is 5.42. The molecule has 1 amide bonds. The van der Waals surface area contributed by atoms with Gasteiger partial charge in [-0.1, -0.05) is 48.5 Å². The van der Waals surface area contributed by atoms with Crippen molar-refractivity contribution < 1.29 is 14.7 Å². The lowest BCUT2D eigenvalue weighted by molar-refractivity contribution is -0.132. The van der Waals surface area contributed by atoms with Gasteiger partial charge in [0.05, 0.1) is 11.6 Å². The Kier molecular flexibility index (Phi) is 6.13. The minimum Gasteiger partial charge on any atom is -0.507 e. The number of anilines is 2. The highest BCUT2D eigenvalue weighted by atomic mass is 16.3. The molecule has 2 aliphatic heterocycles. The van der Waals surface area contributed by atoms with E-state index in [0.717, 1.165) is 42.6 Å². The molecule has 7 heteroatoms. The Morgan fingerprint density at radius 2 is 1.55 bits per heavy atom. The molecule has 3 aromatic carbocycles. The van der Waals surface area contributed by atoms with Crippen molar-refractivity contribution in [3.05, 3.63) is 108 Å². The Morgan fingerprint density at radius 3 is 2.29 bits per heavy atom. The lowest BCUT2D eigenvalue weighted by Gasteiger charge is -2.34. The van der Waals surface area contributed by atoms with Gasteiger partial charge >= 0.3 is 0 Å². The van der Waals surface area contributed by atoms with E-state index in [1.807, 2.05) is 66.7 Å². The molecular formula is C31H28N4O3. The highest BCUT2D eigenvalue weighted by molar-refractivity contribution is 6.51. The van der Waals surface area contributed by atoms with Crippen LogP contribution in [0.15, 0.2) is 96.8 Å². The van der Waals surface area contributed by atoms with Gasteiger partial charge in [0, 0.05) is 55.5 Å². The van der Waals surface area contributed by atoms with Crippen LogP contribution < -0.4 is 9.80 Å². The Balaban J connectivity index is 1.46. The van der Waals surface area contributed by atoms with E-state index in [2.05, 4.69) is 21.8 Å². The minimum atomic E-state index is -0.808. The first-order chi connectivity index (χ1) is 18.5. The van der Waals surface area contributed by atoms with Crippen LogP contribution >= 0.6 is 0 Å². The van der Waals surface area contributed by atoms with E-state index in [1.54, 1.807) is 24.5 Å². The molecule has 1 aromatic heterocycles. The molecule has 0 radical (unpaired) electrons. The van der Waals surface area contributed by atoms with E-state index < -0.39 is 17.7 Å². The summed E-state index contributed by atoms with van der Waals surface area (Å²) < 4.78 is 0. The van der Waals surface area contributed by atoms with Crippen LogP contribution in [-0.2, 0) is 9.59 Å². The zero-order valence-electron chi connectivity index (χ0n) is 21.1. The van der Waals surface area contributed by atoms with Gasteiger partial charge in [0.2, 0.25) is 0 Å². The molecule has 1 atom stereocenters. The number of hydrogen-bond donors (Lipinski definition) is 1. The fourth-order valence-corrected chi connectivity index (χ4v) is 5.42. The Bertz CT molecular complexity index is 1540. The molecule has 7 nitrogen and oxygen atoms in total. The number of ketones is 1. The molecule has 0 aliphatic carbocycles. The van der Waals surface area contributed by atoms with Crippen molar-refractivity contribution in [1.82, 2.24) is 9.88 Å². The molecule has 38 heavy (non-hydrogen) atoms. The van der Waals surface area contributed by atoms with Crippen LogP contribution in [0.5, 0.6) is 0 Å². The second kappa shape index (κ2) is 9.76. The van der Waals surface area contributed by atoms with Crippen molar-refractivity contribution in [3.8, 4) is 0 Å². The van der Waals surface area contributed by atoms with Crippen molar-refractivity contribution >= 4 is 39.6 Å². The van der Waals surface area contributed by atoms with Crippen molar-refractivity contribution in [3.63, 3.8) is 0 Å². The number of pyridine rings is 1. The normalized spacial score (nSPS) is 19.9. The number of benzene rings is 3. The first-order valence-electron chi connectivity index (χ1n) is 12.8. The smallest absolute Gasteiger partial charge is 0.300 e. The van der Waals surface area contributed by atoms with Gasteiger partial charge < -0.3 is 14.9 Å². The van der Waals surface area contributed by atoms with Gasteiger partial charge in [-0.15, -0.1) is 0 Å². The third kappa shape index (κ3) is 4.11. The predicted octanol–water partition coefficient (Wildman–Crippen LogP) is 4.61. The number of carbonyl (C=O) groups excluding carboxylic acids is 2. The second-order valence-electron chi connectivity index (χ2n) is 9.79. The van der Waals surface area contributed by atoms with Crippen LogP contribution in [0.25, 0.3) is 16.5 Å². The Morgan fingerprint density at radius 1 is 0.842 bits per heavy atom. The van der Waals surface area contributed by atoms with Crippen LogP contribution in [-0.4, -0.2) is 59.9 Å². The highest BCUT2D eigenvalue weighted by Gasteiger charge is 2.47. The molecule has 0 saturated carbocycles. The maximum Gasteiger partial charge on any atom is 0.300 e. The first-order valence-corrected chi connectivity index (χ1v) is 12.8. The average Bonchev–Trinajstić information content (AvgIpc) is 3.23. The van der Waals surface area contributed by atoms with E-state index in [4.69, 9.17) is 0 Å². The lowest BCUT2D eigenvalue weighted by atomic mass is 9.94. The summed E-state index contributed by atoms with van der Waals surface area (Å²) >= 11 is 0. The summed E-state index contributed by atoms with van der Waals surface area (Å²) in [5, 5.41) is 13.3. The van der Waals surface area contributed by atoms with E-state index in [-0.39, 0.29) is 11.3 Å². The number of likely N-dealkylation sites (N-methyl/N-ethyl adjacent to an activating group) is 1. The number of hydrogen-bond acceptors (Lipinski definition) is 6. The van der Waals surface area contributed by atoms with E-state index in [9.17, 15) is 14.7 Å². The standard InChI is InChI=1S/C31H28N4O3/c1-33-16-18-34(19-17-33)23-11-13-24(14-12-23)35-28(22-8-5-15-32-20-22)27(30(37)31(35)38)29(36)26-10-4-7-21-6-2-3-9-25(21)26/h2-15,20,28,36H,16-19H2,1H3/b29-27-. The zero-order valence-corrected chi connectivity index (χ0v) is 21.1. The molecule has 4 aromatic rings. The van der Waals surface area contributed by atoms with E-state index in [0.29, 0.717) is 16.8 Å². The molecule has 1 N–H and O–H groups in total. The van der Waals surface area contributed by atoms with Crippen molar-refractivity contribution in [2.45, 2.75) is 6.04 Å². The van der Waals surface area contributed by atoms with Gasteiger partial charge in [-0.3, -0.25) is 19.5 Å². The topological polar surface area (TPSA) is 77.0 Å². The second-order valence-corrected chi connectivity index (χ2v) is 9.79. The van der Waals surface area contributed by atoms with Gasteiger partial charge in [0.15, 0.2) is 0 Å². The number of rotatable bonds is 4. The number of nitrogens with zero attached hydrogens (tertiary/aromatic N) is 4. The molecule has 2 aliphatic rings. The summed E-state index contributed by atoms with van der Waals surface area (Å²) in [6.07, 6.45) is 3.28. The number of fused-ring (bicyclic) bond motifs is 1. The number of piperazine rings is 1. The van der Waals surface area contributed by atoms with E-state index in [1.165, 1.54) is 4.90 Å². The number of aromatic nitrogens is 1. The van der Waals surface area contributed by atoms with Gasteiger partial charge in [0.25, 0.3) is 11.7 Å². The molecule has 2 fully saturated rings. The van der Waals surface area contributed by atoms with Crippen molar-refractivity contribution in [2.24, 2.45) is 0 Å². The molecular weight excluding hydrogens is 476 g/mol. The minimum absolute atomic E-state index is 0.0579. The van der Waals surface area contributed by atoms with Crippen molar-refractivity contribution in [1.29, 1.82) is 0 Å². The quantitative estimate of drug-likeness (QED) is 0.248. The zero-order chi connectivity index (χ0) is 26.2.